The lowest BCUT2D eigenvalue weighted by molar-refractivity contribution is 1.32. The summed E-state index contributed by atoms with van der Waals surface area (Å²) in [7, 11) is 0. The van der Waals surface area contributed by atoms with Gasteiger partial charge in [-0.15, -0.1) is 0 Å². The van der Waals surface area contributed by atoms with Gasteiger partial charge in [-0.25, -0.2) is 4.98 Å². The zero-order valence-corrected chi connectivity index (χ0v) is 28.3. The Bertz CT molecular complexity index is 2300. The molecule has 8 aromatic rings. The van der Waals surface area contributed by atoms with E-state index in [9.17, 15) is 0 Å². The molecular weight excluding hydrogens is 603 g/mol. The zero-order chi connectivity index (χ0) is 33.9. The van der Waals surface area contributed by atoms with Crippen LogP contribution in [0.5, 0.6) is 0 Å². The van der Waals surface area contributed by atoms with Crippen molar-refractivity contribution in [1.29, 1.82) is 0 Å². The van der Waals surface area contributed by atoms with Crippen molar-refractivity contribution in [3.05, 3.63) is 199 Å². The minimum absolute atomic E-state index is 0.949. The van der Waals surface area contributed by atoms with Gasteiger partial charge in [-0.3, -0.25) is 0 Å². The zero-order valence-electron chi connectivity index (χ0n) is 28.3. The fraction of sp³-hybridized carbons (Fsp3) is 0.0408. The second kappa shape index (κ2) is 13.7. The van der Waals surface area contributed by atoms with Crippen molar-refractivity contribution < 1.29 is 0 Å². The normalized spacial score (nSPS) is 11.0. The van der Waals surface area contributed by atoms with Crippen molar-refractivity contribution in [2.24, 2.45) is 0 Å². The fourth-order valence-electron chi connectivity index (χ4n) is 6.75. The molecule has 8 rings (SSSR count). The molecule has 50 heavy (non-hydrogen) atoms. The van der Waals surface area contributed by atoms with Crippen LogP contribution in [0.4, 0.5) is 0 Å². The minimum Gasteiger partial charge on any atom is -0.248 e. The number of benzene rings is 7. The summed E-state index contributed by atoms with van der Waals surface area (Å²) < 4.78 is 0. The van der Waals surface area contributed by atoms with E-state index in [1.807, 2.05) is 0 Å². The van der Waals surface area contributed by atoms with Crippen LogP contribution < -0.4 is 0 Å². The van der Waals surface area contributed by atoms with Crippen LogP contribution in [0.15, 0.2) is 188 Å². The number of aryl methyl sites for hydroxylation is 2. The Morgan fingerprint density at radius 1 is 0.240 bits per heavy atom. The second-order valence-corrected chi connectivity index (χ2v) is 13.1. The predicted octanol–water partition coefficient (Wildman–Crippen LogP) is 13.4. The molecule has 0 bridgehead atoms. The molecule has 0 spiro atoms. The first-order valence-electron chi connectivity index (χ1n) is 17.2. The van der Waals surface area contributed by atoms with Gasteiger partial charge in [-0.2, -0.15) is 0 Å². The lowest BCUT2D eigenvalue weighted by atomic mass is 9.95. The summed E-state index contributed by atoms with van der Waals surface area (Å²) in [5.74, 6) is 0. The Morgan fingerprint density at radius 2 is 0.540 bits per heavy atom. The van der Waals surface area contributed by atoms with Crippen LogP contribution in [0.1, 0.15) is 11.1 Å². The molecule has 1 nitrogen and oxygen atoms in total. The third-order valence-electron chi connectivity index (χ3n) is 9.34. The lowest BCUT2D eigenvalue weighted by Crippen LogP contribution is -1.92. The van der Waals surface area contributed by atoms with Crippen molar-refractivity contribution in [3.63, 3.8) is 0 Å². The first-order valence-corrected chi connectivity index (χ1v) is 17.2. The largest absolute Gasteiger partial charge is 0.248 e. The number of nitrogens with zero attached hydrogens (tertiary/aromatic N) is 1. The summed E-state index contributed by atoms with van der Waals surface area (Å²) in [5.41, 5.74) is 18.5. The van der Waals surface area contributed by atoms with E-state index in [1.54, 1.807) is 0 Å². The van der Waals surface area contributed by atoms with E-state index in [1.165, 1.54) is 61.2 Å². The van der Waals surface area contributed by atoms with Gasteiger partial charge in [0.25, 0.3) is 0 Å². The smallest absolute Gasteiger partial charge is 0.0715 e. The Labute approximate surface area is 295 Å². The maximum Gasteiger partial charge on any atom is 0.0715 e. The maximum absolute atomic E-state index is 5.32. The SMILES string of the molecule is Cc1cccc(-c2cccc(-c3cccc(-c4cc(-c5ccccc5)cc(-c5cccc(-c6cccc(-c7cccc(C)c7)c6)c5)n4)c3)c2)c1. The molecule has 0 saturated heterocycles. The molecule has 0 atom stereocenters. The van der Waals surface area contributed by atoms with Gasteiger partial charge in [-0.1, -0.05) is 163 Å². The summed E-state index contributed by atoms with van der Waals surface area (Å²) in [4.78, 5) is 5.32. The Balaban J connectivity index is 1.19. The monoisotopic (exact) mass is 639 g/mol. The van der Waals surface area contributed by atoms with Gasteiger partial charge in [0.05, 0.1) is 11.4 Å². The number of pyridine rings is 1. The van der Waals surface area contributed by atoms with E-state index in [2.05, 4.69) is 202 Å². The molecule has 1 heteroatoms. The van der Waals surface area contributed by atoms with Crippen LogP contribution in [0.2, 0.25) is 0 Å². The van der Waals surface area contributed by atoms with Crippen LogP contribution in [0, 0.1) is 13.8 Å². The molecule has 0 aliphatic heterocycles. The van der Waals surface area contributed by atoms with Crippen LogP contribution in [-0.4, -0.2) is 4.98 Å². The van der Waals surface area contributed by atoms with Gasteiger partial charge in [0.2, 0.25) is 0 Å². The van der Waals surface area contributed by atoms with Gasteiger partial charge >= 0.3 is 0 Å². The van der Waals surface area contributed by atoms with Gasteiger partial charge in [0.15, 0.2) is 0 Å². The van der Waals surface area contributed by atoms with E-state index in [0.29, 0.717) is 0 Å². The number of hydrogen-bond acceptors (Lipinski definition) is 1. The molecule has 1 heterocycles. The third kappa shape index (κ3) is 6.67. The number of rotatable bonds is 7. The van der Waals surface area contributed by atoms with Crippen molar-refractivity contribution in [3.8, 4) is 78.1 Å². The predicted molar refractivity (Wildman–Crippen MR) is 212 cm³/mol. The van der Waals surface area contributed by atoms with E-state index in [-0.39, 0.29) is 0 Å². The molecule has 0 aliphatic rings. The highest BCUT2D eigenvalue weighted by Gasteiger charge is 2.12. The van der Waals surface area contributed by atoms with Crippen molar-refractivity contribution in [1.82, 2.24) is 4.98 Å². The van der Waals surface area contributed by atoms with Crippen LogP contribution in [0.25, 0.3) is 78.1 Å². The number of hydrogen-bond donors (Lipinski definition) is 0. The molecule has 7 aromatic carbocycles. The van der Waals surface area contributed by atoms with Crippen molar-refractivity contribution in [2.75, 3.05) is 0 Å². The summed E-state index contributed by atoms with van der Waals surface area (Å²) in [6, 6.07) is 67.6. The molecule has 0 N–H and O–H groups in total. The highest BCUT2D eigenvalue weighted by molar-refractivity contribution is 5.82. The molecule has 1 aromatic heterocycles. The van der Waals surface area contributed by atoms with Crippen LogP contribution in [0.3, 0.4) is 0 Å². The van der Waals surface area contributed by atoms with Gasteiger partial charge in [0, 0.05) is 11.1 Å². The first-order chi connectivity index (χ1) is 24.6. The molecular formula is C49H37N. The van der Waals surface area contributed by atoms with Crippen molar-refractivity contribution >= 4 is 0 Å². The topological polar surface area (TPSA) is 12.9 Å². The molecule has 0 unspecified atom stereocenters. The van der Waals surface area contributed by atoms with E-state index < -0.39 is 0 Å². The Morgan fingerprint density at radius 3 is 0.920 bits per heavy atom. The van der Waals surface area contributed by atoms with E-state index in [0.717, 1.165) is 28.1 Å². The highest BCUT2D eigenvalue weighted by atomic mass is 14.7. The van der Waals surface area contributed by atoms with E-state index >= 15 is 0 Å². The average Bonchev–Trinajstić information content (AvgIpc) is 3.18. The first kappa shape index (κ1) is 31.0. The van der Waals surface area contributed by atoms with Gasteiger partial charge in [-0.05, 0) is 106 Å². The van der Waals surface area contributed by atoms with Crippen LogP contribution in [-0.2, 0) is 0 Å². The Hall–Kier alpha value is -6.31. The average molecular weight is 640 g/mol. The Kier molecular flexibility index (Phi) is 8.47. The summed E-state index contributed by atoms with van der Waals surface area (Å²) >= 11 is 0. The second-order valence-electron chi connectivity index (χ2n) is 13.1. The van der Waals surface area contributed by atoms with Crippen LogP contribution >= 0.6 is 0 Å². The highest BCUT2D eigenvalue weighted by Crippen LogP contribution is 2.35. The summed E-state index contributed by atoms with van der Waals surface area (Å²) in [6.07, 6.45) is 0. The van der Waals surface area contributed by atoms with E-state index in [4.69, 9.17) is 4.98 Å². The van der Waals surface area contributed by atoms with Gasteiger partial charge in [0.1, 0.15) is 0 Å². The standard InChI is InChI=1S/C49H37N/c1-34-12-6-16-37(26-34)39-18-8-20-41(28-39)43-22-10-24-45(30-43)48-32-47(36-14-4-3-5-15-36)33-49(50-48)46-25-11-23-44(31-46)42-21-9-19-40(29-42)38-17-7-13-35(2)27-38/h3-33H,1-2H3. The maximum atomic E-state index is 5.32. The summed E-state index contributed by atoms with van der Waals surface area (Å²) in [6.45, 7) is 4.28. The molecule has 0 amide bonds. The fourth-order valence-corrected chi connectivity index (χ4v) is 6.75. The number of aromatic nitrogens is 1. The molecule has 0 fully saturated rings. The summed E-state index contributed by atoms with van der Waals surface area (Å²) in [5, 5.41) is 0. The lowest BCUT2D eigenvalue weighted by Gasteiger charge is -2.13. The molecule has 0 saturated carbocycles. The minimum atomic E-state index is 0.949. The van der Waals surface area contributed by atoms with Crippen molar-refractivity contribution in [2.45, 2.75) is 13.8 Å². The molecule has 238 valence electrons. The molecule has 0 radical (unpaired) electrons. The quantitative estimate of drug-likeness (QED) is 0.169. The van der Waals surface area contributed by atoms with Gasteiger partial charge < -0.3 is 0 Å². The molecule has 0 aliphatic carbocycles. The third-order valence-corrected chi connectivity index (χ3v) is 9.34.